The Hall–Kier alpha value is -0.180. The molecule has 1 atom stereocenters. The fourth-order valence-corrected chi connectivity index (χ4v) is 3.11. The van der Waals surface area contributed by atoms with Crippen LogP contribution >= 0.6 is 11.8 Å². The van der Waals surface area contributed by atoms with Crippen molar-refractivity contribution in [3.63, 3.8) is 0 Å². The van der Waals surface area contributed by atoms with Crippen LogP contribution in [0.3, 0.4) is 0 Å². The lowest BCUT2D eigenvalue weighted by Gasteiger charge is -2.18. The first-order valence-corrected chi connectivity index (χ1v) is 6.68. The standard InChI is InChI=1S/C11H18N2S/c1-7-6-12-11(14-7)13-10(8-2-3-8)9-4-5-9/h7-10H,2-6H2,1H3,(H,12,13). The van der Waals surface area contributed by atoms with E-state index in [1.165, 1.54) is 30.9 Å². The van der Waals surface area contributed by atoms with Crippen LogP contribution in [0, 0.1) is 11.8 Å². The molecule has 0 amide bonds. The maximum absolute atomic E-state index is 4.55. The summed E-state index contributed by atoms with van der Waals surface area (Å²) >= 11 is 1.92. The number of amidine groups is 1. The van der Waals surface area contributed by atoms with E-state index in [-0.39, 0.29) is 0 Å². The first-order valence-electron chi connectivity index (χ1n) is 5.80. The summed E-state index contributed by atoms with van der Waals surface area (Å²) in [5.41, 5.74) is 0. The molecule has 2 fully saturated rings. The van der Waals surface area contributed by atoms with Gasteiger partial charge in [0.25, 0.3) is 0 Å². The van der Waals surface area contributed by atoms with E-state index in [0.717, 1.165) is 24.4 Å². The van der Waals surface area contributed by atoms with Crippen LogP contribution in [-0.4, -0.2) is 23.0 Å². The summed E-state index contributed by atoms with van der Waals surface area (Å²) in [5.74, 6) is 1.95. The average molecular weight is 210 g/mol. The Labute approximate surface area is 89.9 Å². The van der Waals surface area contributed by atoms with E-state index in [0.29, 0.717) is 5.25 Å². The lowest BCUT2D eigenvalue weighted by Crippen LogP contribution is -2.36. The lowest BCUT2D eigenvalue weighted by molar-refractivity contribution is 0.485. The highest BCUT2D eigenvalue weighted by Crippen LogP contribution is 2.44. The number of hydrogen-bond donors (Lipinski definition) is 1. The van der Waals surface area contributed by atoms with Gasteiger partial charge in [-0.2, -0.15) is 0 Å². The third kappa shape index (κ3) is 1.92. The zero-order valence-electron chi connectivity index (χ0n) is 8.70. The van der Waals surface area contributed by atoms with Crippen LogP contribution in [0.4, 0.5) is 0 Å². The predicted molar refractivity (Wildman–Crippen MR) is 61.7 cm³/mol. The summed E-state index contributed by atoms with van der Waals surface area (Å²) < 4.78 is 0. The zero-order valence-corrected chi connectivity index (χ0v) is 9.52. The molecule has 1 N–H and O–H groups in total. The molecule has 0 spiro atoms. The molecule has 3 aliphatic rings. The number of nitrogens with one attached hydrogen (secondary N) is 1. The van der Waals surface area contributed by atoms with E-state index in [1.54, 1.807) is 0 Å². The summed E-state index contributed by atoms with van der Waals surface area (Å²) in [6.07, 6.45) is 5.78. The largest absolute Gasteiger partial charge is 0.362 e. The highest BCUT2D eigenvalue weighted by Gasteiger charge is 2.42. The molecule has 1 aliphatic heterocycles. The Morgan fingerprint density at radius 2 is 1.93 bits per heavy atom. The van der Waals surface area contributed by atoms with Gasteiger partial charge in [-0.15, -0.1) is 0 Å². The van der Waals surface area contributed by atoms with E-state index >= 15 is 0 Å². The highest BCUT2D eigenvalue weighted by atomic mass is 32.2. The maximum atomic E-state index is 4.55. The third-order valence-electron chi connectivity index (χ3n) is 3.35. The third-order valence-corrected chi connectivity index (χ3v) is 4.38. The molecule has 0 bridgehead atoms. The van der Waals surface area contributed by atoms with Gasteiger partial charge in [-0.25, -0.2) is 0 Å². The second-order valence-electron chi connectivity index (χ2n) is 4.92. The molecule has 0 radical (unpaired) electrons. The number of thioether (sulfide) groups is 1. The minimum absolute atomic E-state index is 0.691. The van der Waals surface area contributed by atoms with Crippen molar-refractivity contribution in [2.24, 2.45) is 16.8 Å². The van der Waals surface area contributed by atoms with Crippen LogP contribution in [0.2, 0.25) is 0 Å². The fourth-order valence-electron chi connectivity index (χ4n) is 2.23. The molecule has 0 aromatic rings. The average Bonchev–Trinajstić information content (AvgIpc) is 3.04. The first-order chi connectivity index (χ1) is 6.83. The van der Waals surface area contributed by atoms with E-state index in [4.69, 9.17) is 0 Å². The van der Waals surface area contributed by atoms with Gasteiger partial charge >= 0.3 is 0 Å². The van der Waals surface area contributed by atoms with Crippen molar-refractivity contribution in [1.29, 1.82) is 0 Å². The molecule has 2 aliphatic carbocycles. The summed E-state index contributed by atoms with van der Waals surface area (Å²) in [4.78, 5) is 4.55. The number of aliphatic imine (C=N–C) groups is 1. The van der Waals surface area contributed by atoms with E-state index < -0.39 is 0 Å². The summed E-state index contributed by atoms with van der Waals surface area (Å²) in [6.45, 7) is 3.27. The van der Waals surface area contributed by atoms with Crippen molar-refractivity contribution in [2.45, 2.75) is 43.9 Å². The van der Waals surface area contributed by atoms with Gasteiger partial charge in [0, 0.05) is 11.3 Å². The van der Waals surface area contributed by atoms with Crippen LogP contribution in [-0.2, 0) is 0 Å². The molecule has 0 saturated heterocycles. The van der Waals surface area contributed by atoms with E-state index in [1.807, 2.05) is 11.8 Å². The van der Waals surface area contributed by atoms with Crippen LogP contribution < -0.4 is 5.32 Å². The summed E-state index contributed by atoms with van der Waals surface area (Å²) in [6, 6.07) is 0.770. The van der Waals surface area contributed by atoms with Gasteiger partial charge in [0.2, 0.25) is 0 Å². The first kappa shape index (κ1) is 9.08. The lowest BCUT2D eigenvalue weighted by atomic mass is 10.1. The number of hydrogen-bond acceptors (Lipinski definition) is 3. The molecule has 0 aromatic carbocycles. The highest BCUT2D eigenvalue weighted by molar-refractivity contribution is 8.14. The molecule has 2 saturated carbocycles. The SMILES string of the molecule is CC1CN=C(NC(C2CC2)C2CC2)S1. The summed E-state index contributed by atoms with van der Waals surface area (Å²) in [7, 11) is 0. The van der Waals surface area contributed by atoms with E-state index in [9.17, 15) is 0 Å². The monoisotopic (exact) mass is 210 g/mol. The van der Waals surface area contributed by atoms with Gasteiger partial charge in [0.15, 0.2) is 5.17 Å². The van der Waals surface area contributed by atoms with Crippen LogP contribution in [0.25, 0.3) is 0 Å². The maximum Gasteiger partial charge on any atom is 0.157 e. The Kier molecular flexibility index (Phi) is 2.23. The molecule has 3 heteroatoms. The molecule has 14 heavy (non-hydrogen) atoms. The molecule has 1 heterocycles. The topological polar surface area (TPSA) is 24.4 Å². The smallest absolute Gasteiger partial charge is 0.157 e. The van der Waals surface area contributed by atoms with Crippen LogP contribution in [0.15, 0.2) is 4.99 Å². The number of rotatable bonds is 3. The van der Waals surface area contributed by atoms with Gasteiger partial charge in [0.1, 0.15) is 0 Å². The van der Waals surface area contributed by atoms with Gasteiger partial charge in [-0.05, 0) is 37.5 Å². The Balaban J connectivity index is 1.58. The Morgan fingerprint density at radius 1 is 1.29 bits per heavy atom. The van der Waals surface area contributed by atoms with Crippen molar-refractivity contribution in [2.75, 3.05) is 6.54 Å². The van der Waals surface area contributed by atoms with E-state index in [2.05, 4.69) is 17.2 Å². The molecular formula is C11H18N2S. The molecular weight excluding hydrogens is 192 g/mol. The molecule has 3 rings (SSSR count). The number of nitrogens with zero attached hydrogens (tertiary/aromatic N) is 1. The van der Waals surface area contributed by atoms with Crippen molar-refractivity contribution in [1.82, 2.24) is 5.32 Å². The second kappa shape index (κ2) is 3.44. The van der Waals surface area contributed by atoms with Crippen molar-refractivity contribution in [3.8, 4) is 0 Å². The van der Waals surface area contributed by atoms with Crippen molar-refractivity contribution >= 4 is 16.9 Å². The Bertz CT molecular complexity index is 244. The van der Waals surface area contributed by atoms with Crippen molar-refractivity contribution < 1.29 is 0 Å². The molecule has 2 nitrogen and oxygen atoms in total. The van der Waals surface area contributed by atoms with Gasteiger partial charge < -0.3 is 5.32 Å². The van der Waals surface area contributed by atoms with Crippen LogP contribution in [0.1, 0.15) is 32.6 Å². The zero-order chi connectivity index (χ0) is 9.54. The molecule has 78 valence electrons. The quantitative estimate of drug-likeness (QED) is 0.772. The van der Waals surface area contributed by atoms with Crippen molar-refractivity contribution in [3.05, 3.63) is 0 Å². The van der Waals surface area contributed by atoms with Gasteiger partial charge in [-0.1, -0.05) is 18.7 Å². The van der Waals surface area contributed by atoms with Crippen LogP contribution in [0.5, 0.6) is 0 Å². The Morgan fingerprint density at radius 3 is 2.36 bits per heavy atom. The molecule has 0 aromatic heterocycles. The minimum Gasteiger partial charge on any atom is -0.362 e. The second-order valence-corrected chi connectivity index (χ2v) is 6.35. The van der Waals surface area contributed by atoms with Gasteiger partial charge in [-0.3, -0.25) is 4.99 Å². The summed E-state index contributed by atoms with van der Waals surface area (Å²) in [5, 5.41) is 5.60. The molecule has 1 unspecified atom stereocenters. The minimum atomic E-state index is 0.691. The fraction of sp³-hybridized carbons (Fsp3) is 0.909. The normalized spacial score (nSPS) is 32.1. The predicted octanol–water partition coefficient (Wildman–Crippen LogP) is 2.26. The van der Waals surface area contributed by atoms with Gasteiger partial charge in [0.05, 0.1) is 6.54 Å².